The van der Waals surface area contributed by atoms with Gasteiger partial charge in [0.05, 0.1) is 0 Å². The van der Waals surface area contributed by atoms with Crippen LogP contribution in [0.15, 0.2) is 24.3 Å². The van der Waals surface area contributed by atoms with Gasteiger partial charge in [-0.1, -0.05) is 6.07 Å². The zero-order chi connectivity index (χ0) is 15.2. The summed E-state index contributed by atoms with van der Waals surface area (Å²) >= 11 is 0. The van der Waals surface area contributed by atoms with Gasteiger partial charge in [-0.25, -0.2) is 0 Å². The first-order valence-electron chi connectivity index (χ1n) is 7.13. The van der Waals surface area contributed by atoms with Gasteiger partial charge in [0.15, 0.2) is 6.61 Å². The summed E-state index contributed by atoms with van der Waals surface area (Å²) in [7, 11) is 0. The van der Waals surface area contributed by atoms with Crippen molar-refractivity contribution in [1.29, 1.82) is 0 Å². The molecular formula is C15H21N3O3. The van der Waals surface area contributed by atoms with Crippen molar-refractivity contribution in [3.05, 3.63) is 24.3 Å². The van der Waals surface area contributed by atoms with Gasteiger partial charge < -0.3 is 20.7 Å². The third-order valence-electron chi connectivity index (χ3n) is 3.39. The number of likely N-dealkylation sites (tertiary alicyclic amines) is 1. The summed E-state index contributed by atoms with van der Waals surface area (Å²) in [6.07, 6.45) is 2.16. The van der Waals surface area contributed by atoms with Crippen LogP contribution in [0, 0.1) is 0 Å². The van der Waals surface area contributed by atoms with E-state index in [2.05, 4.69) is 5.32 Å². The second-order valence-electron chi connectivity index (χ2n) is 5.18. The van der Waals surface area contributed by atoms with Crippen LogP contribution in [-0.2, 0) is 9.59 Å². The minimum Gasteiger partial charge on any atom is -0.484 e. The van der Waals surface area contributed by atoms with Crippen molar-refractivity contribution in [2.24, 2.45) is 5.73 Å². The first-order chi connectivity index (χ1) is 10.1. The summed E-state index contributed by atoms with van der Waals surface area (Å²) in [6, 6.07) is 6.84. The fourth-order valence-electron chi connectivity index (χ4n) is 2.35. The smallest absolute Gasteiger partial charge is 0.255 e. The maximum Gasteiger partial charge on any atom is 0.255 e. The zero-order valence-electron chi connectivity index (χ0n) is 12.2. The fraction of sp³-hybridized carbons (Fsp3) is 0.467. The van der Waals surface area contributed by atoms with Gasteiger partial charge in [-0.3, -0.25) is 9.59 Å². The summed E-state index contributed by atoms with van der Waals surface area (Å²) in [5, 5.41) is 3.16. The summed E-state index contributed by atoms with van der Waals surface area (Å²) in [6.45, 7) is 3.36. The number of ether oxygens (including phenoxy) is 1. The number of carbonyl (C=O) groups excluding carboxylic acids is 2. The molecule has 1 heterocycles. The summed E-state index contributed by atoms with van der Waals surface area (Å²) in [4.78, 5) is 24.8. The van der Waals surface area contributed by atoms with E-state index in [0.29, 0.717) is 5.75 Å². The third kappa shape index (κ3) is 4.37. The first-order valence-corrected chi connectivity index (χ1v) is 7.13. The first kappa shape index (κ1) is 15.2. The number of hydrogen-bond acceptors (Lipinski definition) is 4. The van der Waals surface area contributed by atoms with Crippen LogP contribution < -0.4 is 15.8 Å². The molecule has 1 unspecified atom stereocenters. The van der Waals surface area contributed by atoms with Crippen LogP contribution in [-0.4, -0.2) is 42.5 Å². The van der Waals surface area contributed by atoms with Gasteiger partial charge in [0.2, 0.25) is 5.91 Å². The lowest BCUT2D eigenvalue weighted by atomic mass is 10.2. The molecule has 2 amide bonds. The number of rotatable bonds is 6. The lowest BCUT2D eigenvalue weighted by molar-refractivity contribution is -0.130. The number of hydrogen-bond donors (Lipinski definition) is 2. The molecule has 21 heavy (non-hydrogen) atoms. The van der Waals surface area contributed by atoms with E-state index in [1.807, 2.05) is 17.9 Å². The minimum absolute atomic E-state index is 0.107. The van der Waals surface area contributed by atoms with E-state index in [1.165, 1.54) is 0 Å². The average molecular weight is 291 g/mol. The Morgan fingerprint density at radius 3 is 2.76 bits per heavy atom. The average Bonchev–Trinajstić information content (AvgIpc) is 2.98. The number of primary amides is 1. The second kappa shape index (κ2) is 6.97. The summed E-state index contributed by atoms with van der Waals surface area (Å²) in [5.74, 6) is 0.126. The normalized spacial score (nSPS) is 15.6. The lowest BCUT2D eigenvalue weighted by Crippen LogP contribution is -2.39. The topological polar surface area (TPSA) is 84.7 Å². The van der Waals surface area contributed by atoms with Crippen molar-refractivity contribution in [2.45, 2.75) is 25.8 Å². The van der Waals surface area contributed by atoms with Crippen LogP contribution in [0.4, 0.5) is 5.69 Å². The minimum atomic E-state index is -0.522. The highest BCUT2D eigenvalue weighted by atomic mass is 16.5. The molecule has 0 spiro atoms. The van der Waals surface area contributed by atoms with Crippen LogP contribution in [0.5, 0.6) is 5.75 Å². The van der Waals surface area contributed by atoms with E-state index in [0.717, 1.165) is 31.6 Å². The van der Waals surface area contributed by atoms with E-state index in [4.69, 9.17) is 10.5 Å². The molecule has 1 aliphatic heterocycles. The molecule has 0 radical (unpaired) electrons. The molecular weight excluding hydrogens is 270 g/mol. The van der Waals surface area contributed by atoms with Crippen molar-refractivity contribution < 1.29 is 14.3 Å². The molecule has 1 aliphatic rings. The summed E-state index contributed by atoms with van der Waals surface area (Å²) < 4.78 is 5.24. The zero-order valence-corrected chi connectivity index (χ0v) is 12.2. The van der Waals surface area contributed by atoms with E-state index in [1.54, 1.807) is 18.2 Å². The van der Waals surface area contributed by atoms with Crippen molar-refractivity contribution in [3.8, 4) is 5.75 Å². The van der Waals surface area contributed by atoms with Crippen molar-refractivity contribution >= 4 is 17.5 Å². The standard InChI is InChI=1S/C15H21N3O3/c1-11(15(20)18-7-2-3-8-18)17-12-5-4-6-13(9-12)21-10-14(16)19/h4-6,9,11,17H,2-3,7-8,10H2,1H3,(H2,16,19). The van der Waals surface area contributed by atoms with Crippen molar-refractivity contribution in [3.63, 3.8) is 0 Å². The molecule has 3 N–H and O–H groups in total. The molecule has 1 fully saturated rings. The van der Waals surface area contributed by atoms with Crippen LogP contribution in [0.25, 0.3) is 0 Å². The Balaban J connectivity index is 1.93. The molecule has 2 rings (SSSR count). The molecule has 0 bridgehead atoms. The largest absolute Gasteiger partial charge is 0.484 e. The SMILES string of the molecule is CC(Nc1cccc(OCC(N)=O)c1)C(=O)N1CCCC1. The Labute approximate surface area is 124 Å². The summed E-state index contributed by atoms with van der Waals surface area (Å²) in [5.41, 5.74) is 5.81. The number of nitrogens with two attached hydrogens (primary N) is 1. The van der Waals surface area contributed by atoms with Gasteiger partial charge >= 0.3 is 0 Å². The number of anilines is 1. The molecule has 6 nitrogen and oxygen atoms in total. The van der Waals surface area contributed by atoms with Gasteiger partial charge in [-0.2, -0.15) is 0 Å². The quantitative estimate of drug-likeness (QED) is 0.818. The lowest BCUT2D eigenvalue weighted by Gasteiger charge is -2.22. The number of nitrogens with zero attached hydrogens (tertiary/aromatic N) is 1. The molecule has 0 aliphatic carbocycles. The highest BCUT2D eigenvalue weighted by molar-refractivity contribution is 5.84. The molecule has 1 saturated heterocycles. The Morgan fingerprint density at radius 2 is 2.10 bits per heavy atom. The van der Waals surface area contributed by atoms with E-state index in [-0.39, 0.29) is 18.6 Å². The maximum atomic E-state index is 12.2. The van der Waals surface area contributed by atoms with E-state index < -0.39 is 5.91 Å². The predicted octanol–water partition coefficient (Wildman–Crippen LogP) is 0.973. The Bertz CT molecular complexity index is 513. The van der Waals surface area contributed by atoms with Gasteiger partial charge in [0, 0.05) is 24.8 Å². The third-order valence-corrected chi connectivity index (χ3v) is 3.39. The van der Waals surface area contributed by atoms with E-state index in [9.17, 15) is 9.59 Å². The molecule has 1 aromatic carbocycles. The monoisotopic (exact) mass is 291 g/mol. The molecule has 6 heteroatoms. The van der Waals surface area contributed by atoms with Gasteiger partial charge in [-0.05, 0) is 31.9 Å². The molecule has 0 aromatic heterocycles. The second-order valence-corrected chi connectivity index (χ2v) is 5.18. The van der Waals surface area contributed by atoms with Gasteiger partial charge in [0.1, 0.15) is 11.8 Å². The predicted molar refractivity (Wildman–Crippen MR) is 80.0 cm³/mol. The molecule has 0 saturated carbocycles. The highest BCUT2D eigenvalue weighted by Gasteiger charge is 2.22. The number of benzene rings is 1. The molecule has 1 aromatic rings. The van der Waals surface area contributed by atoms with Crippen LogP contribution in [0.1, 0.15) is 19.8 Å². The molecule has 1 atom stereocenters. The van der Waals surface area contributed by atoms with Crippen molar-refractivity contribution in [1.82, 2.24) is 4.90 Å². The van der Waals surface area contributed by atoms with Gasteiger partial charge in [0.25, 0.3) is 5.91 Å². The van der Waals surface area contributed by atoms with Crippen LogP contribution in [0.3, 0.4) is 0 Å². The molecule has 114 valence electrons. The highest BCUT2D eigenvalue weighted by Crippen LogP contribution is 2.19. The number of carbonyl (C=O) groups is 2. The van der Waals surface area contributed by atoms with Crippen molar-refractivity contribution in [2.75, 3.05) is 25.0 Å². The fourth-order valence-corrected chi connectivity index (χ4v) is 2.35. The Morgan fingerprint density at radius 1 is 1.38 bits per heavy atom. The number of nitrogens with one attached hydrogen (secondary N) is 1. The maximum absolute atomic E-state index is 12.2. The van der Waals surface area contributed by atoms with Crippen LogP contribution in [0.2, 0.25) is 0 Å². The Hall–Kier alpha value is -2.24. The Kier molecular flexibility index (Phi) is 5.03. The van der Waals surface area contributed by atoms with Crippen LogP contribution >= 0.6 is 0 Å². The van der Waals surface area contributed by atoms with E-state index >= 15 is 0 Å². The van der Waals surface area contributed by atoms with Gasteiger partial charge in [-0.15, -0.1) is 0 Å². The number of amides is 2.